The number of piperazine rings is 1. The lowest BCUT2D eigenvalue weighted by molar-refractivity contribution is 0.0940. The minimum Gasteiger partial charge on any atom is -0.354 e. The number of nitrogens with one attached hydrogen (secondary N) is 1. The van der Waals surface area contributed by atoms with E-state index in [1.54, 1.807) is 0 Å². The Labute approximate surface area is 158 Å². The van der Waals surface area contributed by atoms with Crippen LogP contribution in [0.2, 0.25) is 5.02 Å². The van der Waals surface area contributed by atoms with Gasteiger partial charge in [0.2, 0.25) is 0 Å². The molecule has 3 heterocycles. The Morgan fingerprint density at radius 1 is 1.19 bits per heavy atom. The zero-order valence-electron chi connectivity index (χ0n) is 14.8. The van der Waals surface area contributed by atoms with Crippen LogP contribution in [-0.4, -0.2) is 53.5 Å². The number of aromatic nitrogens is 2. The first kappa shape index (κ1) is 17.2. The minimum absolute atomic E-state index is 0.0856. The quantitative estimate of drug-likeness (QED) is 0.894. The van der Waals surface area contributed by atoms with Gasteiger partial charge in [0.1, 0.15) is 17.3 Å². The van der Waals surface area contributed by atoms with E-state index in [4.69, 9.17) is 11.6 Å². The molecule has 0 aliphatic carbocycles. The average Bonchev–Trinajstić information content (AvgIpc) is 2.63. The van der Waals surface area contributed by atoms with Crippen molar-refractivity contribution in [3.63, 3.8) is 0 Å². The van der Waals surface area contributed by atoms with Crippen molar-refractivity contribution in [2.75, 3.05) is 37.6 Å². The number of hydrogen-bond acceptors (Lipinski definition) is 5. The molecule has 0 radical (unpaired) electrons. The maximum absolute atomic E-state index is 12.1. The maximum Gasteiger partial charge on any atom is 0.270 e. The molecule has 1 saturated heterocycles. The Morgan fingerprint density at radius 2 is 2.00 bits per heavy atom. The molecule has 1 aromatic heterocycles. The maximum atomic E-state index is 12.1. The standard InChI is InChI=1S/C19H22ClN5O/c1-13-22-17-16(5-6-21-19(17)26)18(23-13)25-9-7-24(8-10-25)12-14-3-2-4-15(20)11-14/h2-4,11H,5-10,12H2,1H3,(H,21,26). The molecular formula is C19H22ClN5O. The van der Waals surface area contributed by atoms with Crippen LogP contribution in [0.5, 0.6) is 0 Å². The zero-order chi connectivity index (χ0) is 18.1. The van der Waals surface area contributed by atoms with Crippen molar-refractivity contribution in [2.45, 2.75) is 19.9 Å². The van der Waals surface area contributed by atoms with E-state index in [0.717, 1.165) is 55.5 Å². The van der Waals surface area contributed by atoms with Crippen molar-refractivity contribution in [1.29, 1.82) is 0 Å². The van der Waals surface area contributed by atoms with E-state index in [2.05, 4.69) is 31.2 Å². The van der Waals surface area contributed by atoms with E-state index in [1.807, 2.05) is 25.1 Å². The van der Waals surface area contributed by atoms with Crippen LogP contribution in [-0.2, 0) is 13.0 Å². The summed E-state index contributed by atoms with van der Waals surface area (Å²) in [5.41, 5.74) is 2.76. The predicted molar refractivity (Wildman–Crippen MR) is 102 cm³/mol. The fourth-order valence-electron chi connectivity index (χ4n) is 3.66. The molecule has 2 aliphatic rings. The number of carbonyl (C=O) groups excluding carboxylic acids is 1. The fourth-order valence-corrected chi connectivity index (χ4v) is 3.87. The van der Waals surface area contributed by atoms with Crippen LogP contribution >= 0.6 is 11.6 Å². The highest BCUT2D eigenvalue weighted by Crippen LogP contribution is 2.25. The SMILES string of the molecule is Cc1nc2c(c(N3CCN(Cc4cccc(Cl)c4)CC3)n1)CCNC2=O. The Morgan fingerprint density at radius 3 is 2.77 bits per heavy atom. The van der Waals surface area contributed by atoms with Crippen molar-refractivity contribution in [3.05, 3.63) is 51.9 Å². The molecule has 1 aromatic carbocycles. The highest BCUT2D eigenvalue weighted by Gasteiger charge is 2.27. The second kappa shape index (κ2) is 7.21. The number of amides is 1. The van der Waals surface area contributed by atoms with Gasteiger partial charge in [-0.2, -0.15) is 0 Å². The van der Waals surface area contributed by atoms with E-state index in [-0.39, 0.29) is 5.91 Å². The topological polar surface area (TPSA) is 61.4 Å². The number of anilines is 1. The van der Waals surface area contributed by atoms with E-state index >= 15 is 0 Å². The summed E-state index contributed by atoms with van der Waals surface area (Å²) in [4.78, 5) is 25.9. The van der Waals surface area contributed by atoms with Crippen LogP contribution in [0.3, 0.4) is 0 Å². The van der Waals surface area contributed by atoms with Gasteiger partial charge in [0.15, 0.2) is 0 Å². The van der Waals surface area contributed by atoms with E-state index in [1.165, 1.54) is 5.56 Å². The Hall–Kier alpha value is -2.18. The molecule has 0 spiro atoms. The van der Waals surface area contributed by atoms with Gasteiger partial charge in [-0.05, 0) is 31.0 Å². The lowest BCUT2D eigenvalue weighted by Gasteiger charge is -2.37. The molecule has 1 N–H and O–H groups in total. The van der Waals surface area contributed by atoms with Gasteiger partial charge in [0.25, 0.3) is 5.91 Å². The van der Waals surface area contributed by atoms with Gasteiger partial charge in [0.05, 0.1) is 0 Å². The molecule has 7 heteroatoms. The summed E-state index contributed by atoms with van der Waals surface area (Å²) in [7, 11) is 0. The Balaban J connectivity index is 1.48. The van der Waals surface area contributed by atoms with Crippen LogP contribution in [0.4, 0.5) is 5.82 Å². The summed E-state index contributed by atoms with van der Waals surface area (Å²) >= 11 is 6.09. The molecule has 1 fully saturated rings. The first-order valence-electron chi connectivity index (χ1n) is 8.97. The third-order valence-corrected chi connectivity index (χ3v) is 5.17. The van der Waals surface area contributed by atoms with Gasteiger partial charge in [-0.15, -0.1) is 0 Å². The van der Waals surface area contributed by atoms with E-state index < -0.39 is 0 Å². The zero-order valence-corrected chi connectivity index (χ0v) is 15.6. The molecule has 0 atom stereocenters. The molecule has 2 aliphatic heterocycles. The number of hydrogen-bond donors (Lipinski definition) is 1. The molecular weight excluding hydrogens is 350 g/mol. The molecule has 2 aromatic rings. The van der Waals surface area contributed by atoms with Crippen molar-refractivity contribution in [2.24, 2.45) is 0 Å². The van der Waals surface area contributed by atoms with Crippen LogP contribution in [0.25, 0.3) is 0 Å². The number of carbonyl (C=O) groups is 1. The summed E-state index contributed by atoms with van der Waals surface area (Å²) in [5, 5.41) is 3.65. The number of fused-ring (bicyclic) bond motifs is 1. The van der Waals surface area contributed by atoms with Crippen molar-refractivity contribution >= 4 is 23.3 Å². The smallest absolute Gasteiger partial charge is 0.270 e. The van der Waals surface area contributed by atoms with Gasteiger partial charge in [-0.3, -0.25) is 9.69 Å². The van der Waals surface area contributed by atoms with Gasteiger partial charge in [-0.1, -0.05) is 23.7 Å². The van der Waals surface area contributed by atoms with Gasteiger partial charge < -0.3 is 10.2 Å². The van der Waals surface area contributed by atoms with Crippen molar-refractivity contribution in [3.8, 4) is 0 Å². The first-order valence-corrected chi connectivity index (χ1v) is 9.35. The lowest BCUT2D eigenvalue weighted by atomic mass is 10.1. The molecule has 26 heavy (non-hydrogen) atoms. The van der Waals surface area contributed by atoms with E-state index in [9.17, 15) is 4.79 Å². The molecule has 6 nitrogen and oxygen atoms in total. The Kier molecular flexibility index (Phi) is 4.78. The number of halogens is 1. The molecule has 0 saturated carbocycles. The highest BCUT2D eigenvalue weighted by atomic mass is 35.5. The third kappa shape index (κ3) is 3.52. The average molecular weight is 372 g/mol. The third-order valence-electron chi connectivity index (χ3n) is 4.94. The Bertz CT molecular complexity index is 833. The second-order valence-electron chi connectivity index (χ2n) is 6.82. The largest absolute Gasteiger partial charge is 0.354 e. The summed E-state index contributed by atoms with van der Waals surface area (Å²) < 4.78 is 0. The fraction of sp³-hybridized carbons (Fsp3) is 0.421. The monoisotopic (exact) mass is 371 g/mol. The lowest BCUT2D eigenvalue weighted by Crippen LogP contribution is -2.47. The van der Waals surface area contributed by atoms with Gasteiger partial charge in [-0.25, -0.2) is 9.97 Å². The summed E-state index contributed by atoms with van der Waals surface area (Å²) in [6, 6.07) is 8.03. The van der Waals surface area contributed by atoms with Crippen LogP contribution < -0.4 is 10.2 Å². The molecule has 4 rings (SSSR count). The van der Waals surface area contributed by atoms with Crippen LogP contribution in [0, 0.1) is 6.92 Å². The molecule has 0 bridgehead atoms. The predicted octanol–water partition coefficient (Wildman–Crippen LogP) is 2.05. The van der Waals surface area contributed by atoms with Gasteiger partial charge in [0, 0.05) is 49.9 Å². The number of rotatable bonds is 3. The van der Waals surface area contributed by atoms with Crippen LogP contribution in [0.1, 0.15) is 27.4 Å². The summed E-state index contributed by atoms with van der Waals surface area (Å²) in [6.07, 6.45) is 0.791. The highest BCUT2D eigenvalue weighted by molar-refractivity contribution is 6.30. The number of benzene rings is 1. The first-order chi connectivity index (χ1) is 12.6. The number of aryl methyl sites for hydroxylation is 1. The summed E-state index contributed by atoms with van der Waals surface area (Å²) in [6.45, 7) is 7.10. The minimum atomic E-state index is -0.0856. The van der Waals surface area contributed by atoms with Crippen molar-refractivity contribution in [1.82, 2.24) is 20.2 Å². The van der Waals surface area contributed by atoms with E-state index in [0.29, 0.717) is 18.1 Å². The van der Waals surface area contributed by atoms with Crippen LogP contribution in [0.15, 0.2) is 24.3 Å². The molecule has 1 amide bonds. The van der Waals surface area contributed by atoms with Crippen molar-refractivity contribution < 1.29 is 4.79 Å². The second-order valence-corrected chi connectivity index (χ2v) is 7.26. The summed E-state index contributed by atoms with van der Waals surface area (Å²) in [5.74, 6) is 1.50. The van der Waals surface area contributed by atoms with Gasteiger partial charge >= 0.3 is 0 Å². The molecule has 136 valence electrons. The normalized spacial score (nSPS) is 17.8. The molecule has 0 unspecified atom stereocenters. The number of nitrogens with zero attached hydrogens (tertiary/aromatic N) is 4.